The highest BCUT2D eigenvalue weighted by molar-refractivity contribution is 7.80. The molecule has 13 nitrogen and oxygen atoms in total. The van der Waals surface area contributed by atoms with Crippen molar-refractivity contribution in [2.45, 2.75) is 6.92 Å². The van der Waals surface area contributed by atoms with E-state index in [9.17, 15) is 0 Å². The third-order valence-corrected chi connectivity index (χ3v) is 0.474. The molecule has 0 aromatic carbocycles. The average Bonchev–Trinajstić information content (AvgIpc) is 1.93. The maximum absolute atomic E-state index is 8.74. The average molecular weight is 372 g/mol. The van der Waals surface area contributed by atoms with Crippen molar-refractivity contribution >= 4 is 40.0 Å². The van der Waals surface area contributed by atoms with Gasteiger partial charge in [-0.2, -0.15) is 25.3 Å². The molecule has 0 rings (SSSR count). The lowest BCUT2D eigenvalue weighted by atomic mass is 11.0. The molecule has 17 heteroatoms. The van der Waals surface area contributed by atoms with Crippen molar-refractivity contribution in [2.24, 2.45) is 0 Å². The summed E-state index contributed by atoms with van der Waals surface area (Å²) in [6, 6.07) is 0. The molecule has 0 saturated carbocycles. The van der Waals surface area contributed by atoms with Gasteiger partial charge in [-0.15, -0.1) is 0 Å². The van der Waals surface area contributed by atoms with Gasteiger partial charge in [0.15, 0.2) is 0 Å². The molecule has 0 radical (unpaired) electrons. The Kier molecular flexibility index (Phi) is 18.7. The molecule has 0 amide bonds. The van der Waals surface area contributed by atoms with E-state index in [0.717, 1.165) is 6.16 Å². The lowest BCUT2D eigenvalue weighted by Crippen LogP contribution is -1.89. The van der Waals surface area contributed by atoms with Crippen LogP contribution in [0.3, 0.4) is 0 Å². The van der Waals surface area contributed by atoms with Crippen molar-refractivity contribution in [3.8, 4) is 0 Å². The summed E-state index contributed by atoms with van der Waals surface area (Å²) < 4.78 is 94.8. The first-order valence-corrected chi connectivity index (χ1v) is 8.72. The van der Waals surface area contributed by atoms with Crippen molar-refractivity contribution < 1.29 is 57.5 Å². The molecule has 0 heterocycles. The van der Waals surface area contributed by atoms with Crippen LogP contribution in [0.4, 0.5) is 0 Å². The fourth-order valence-corrected chi connectivity index (χ4v) is 0. The fourth-order valence-electron chi connectivity index (χ4n) is 0. The molecule has 0 aliphatic carbocycles. The van der Waals surface area contributed by atoms with E-state index in [1.807, 2.05) is 6.92 Å². The lowest BCUT2D eigenvalue weighted by molar-refractivity contribution is 0.378. The van der Waals surface area contributed by atoms with E-state index in [1.54, 1.807) is 0 Å². The summed E-state index contributed by atoms with van der Waals surface area (Å²) in [7, 11) is -13.9. The van der Waals surface area contributed by atoms with Gasteiger partial charge in [-0.05, 0) is 6.16 Å². The quantitative estimate of drug-likeness (QED) is 0.208. The van der Waals surface area contributed by atoms with Crippen molar-refractivity contribution in [1.29, 1.82) is 0 Å². The SMILES string of the molecule is CCPO.O=S(=O)(O)O.O=S(=O)(O)O.O=S(=O)(O)O. The lowest BCUT2D eigenvalue weighted by Gasteiger charge is -1.69. The highest BCUT2D eigenvalue weighted by atomic mass is 32.3. The van der Waals surface area contributed by atoms with Crippen LogP contribution < -0.4 is 0 Å². The summed E-state index contributed by atoms with van der Waals surface area (Å²) in [4.78, 5) is 7.90. The Morgan fingerprint density at radius 3 is 0.737 bits per heavy atom. The highest BCUT2D eigenvalue weighted by Crippen LogP contribution is 1.94. The summed E-state index contributed by atoms with van der Waals surface area (Å²) in [5, 5.41) is 0. The van der Waals surface area contributed by atoms with Crippen LogP contribution in [0, 0.1) is 0 Å². The van der Waals surface area contributed by atoms with E-state index >= 15 is 0 Å². The zero-order valence-corrected chi connectivity index (χ0v) is 12.5. The zero-order valence-electron chi connectivity index (χ0n) is 9.01. The first-order chi connectivity index (χ1) is 7.91. The van der Waals surface area contributed by atoms with E-state index < -0.39 is 31.2 Å². The van der Waals surface area contributed by atoms with Gasteiger partial charge in [0, 0.05) is 8.81 Å². The monoisotopic (exact) mass is 372 g/mol. The van der Waals surface area contributed by atoms with Crippen LogP contribution in [-0.2, 0) is 31.2 Å². The molecule has 0 aliphatic rings. The smallest absolute Gasteiger partial charge is 0.377 e. The Morgan fingerprint density at radius 1 is 0.684 bits per heavy atom. The van der Waals surface area contributed by atoms with Crippen molar-refractivity contribution in [1.82, 2.24) is 0 Å². The standard InChI is InChI=1S/C2H7OP.3H2O4S/c1-2-4-3;3*1-5(2,3)4/h3-4H,2H2,1H3;3*(H2,1,2,3,4). The van der Waals surface area contributed by atoms with Gasteiger partial charge in [0.1, 0.15) is 0 Å². The topological polar surface area (TPSA) is 244 Å². The van der Waals surface area contributed by atoms with Gasteiger partial charge >= 0.3 is 31.2 Å². The van der Waals surface area contributed by atoms with E-state index in [2.05, 4.69) is 0 Å². The van der Waals surface area contributed by atoms with Gasteiger partial charge in [-0.1, -0.05) is 6.92 Å². The van der Waals surface area contributed by atoms with Crippen LogP contribution in [0.15, 0.2) is 0 Å². The molecule has 0 saturated heterocycles. The molecular weight excluding hydrogens is 359 g/mol. The van der Waals surface area contributed by atoms with E-state index in [-0.39, 0.29) is 8.81 Å². The number of rotatable bonds is 1. The molecular formula is C2H13O13PS3. The minimum Gasteiger partial charge on any atom is -0.377 e. The van der Waals surface area contributed by atoms with Gasteiger partial charge in [-0.3, -0.25) is 27.3 Å². The third-order valence-electron chi connectivity index (χ3n) is 0.158. The molecule has 0 spiro atoms. The van der Waals surface area contributed by atoms with Crippen LogP contribution in [0.2, 0.25) is 0 Å². The van der Waals surface area contributed by atoms with Gasteiger partial charge < -0.3 is 4.89 Å². The molecule has 0 aromatic rings. The number of hydrogen-bond donors (Lipinski definition) is 7. The molecule has 19 heavy (non-hydrogen) atoms. The molecule has 1 atom stereocenters. The molecule has 0 fully saturated rings. The molecule has 1 unspecified atom stereocenters. The summed E-state index contributed by atoms with van der Waals surface area (Å²) in [6.45, 7) is 1.94. The minimum absolute atomic E-state index is 0.140. The Balaban J connectivity index is -0.0000000793. The van der Waals surface area contributed by atoms with Crippen LogP contribution in [0.1, 0.15) is 6.92 Å². The van der Waals surface area contributed by atoms with Crippen molar-refractivity contribution in [2.75, 3.05) is 6.16 Å². The Hall–Kier alpha value is -0.0000000000000000416. The minimum atomic E-state index is -4.67. The van der Waals surface area contributed by atoms with Crippen LogP contribution in [0.5, 0.6) is 0 Å². The Bertz CT molecular complexity index is 373. The summed E-state index contributed by atoms with van der Waals surface area (Å²) in [6.07, 6.45) is 0.903. The third kappa shape index (κ3) is 4610. The van der Waals surface area contributed by atoms with Crippen LogP contribution in [0.25, 0.3) is 0 Å². The predicted octanol–water partition coefficient (Wildman–Crippen LogP) is -1.37. The van der Waals surface area contributed by atoms with Crippen LogP contribution in [-0.4, -0.2) is 63.6 Å². The van der Waals surface area contributed by atoms with Crippen molar-refractivity contribution in [3.05, 3.63) is 0 Å². The molecule has 0 aliphatic heterocycles. The second kappa shape index (κ2) is 13.0. The van der Waals surface area contributed by atoms with Gasteiger partial charge in [-0.25, -0.2) is 0 Å². The van der Waals surface area contributed by atoms with Crippen molar-refractivity contribution in [3.63, 3.8) is 0 Å². The predicted molar refractivity (Wildman–Crippen MR) is 63.6 cm³/mol. The van der Waals surface area contributed by atoms with Gasteiger partial charge in [0.05, 0.1) is 0 Å². The highest BCUT2D eigenvalue weighted by Gasteiger charge is 1.85. The Labute approximate surface area is 111 Å². The fraction of sp³-hybridized carbons (Fsp3) is 1.00. The maximum atomic E-state index is 8.74. The second-order valence-corrected chi connectivity index (χ2v) is 5.57. The van der Waals surface area contributed by atoms with Crippen LogP contribution >= 0.6 is 8.81 Å². The molecule has 7 N–H and O–H groups in total. The maximum Gasteiger partial charge on any atom is 0.394 e. The van der Waals surface area contributed by atoms with E-state index in [1.165, 1.54) is 0 Å². The van der Waals surface area contributed by atoms with E-state index in [4.69, 9.17) is 57.5 Å². The molecule has 0 bridgehead atoms. The van der Waals surface area contributed by atoms with E-state index in [0.29, 0.717) is 0 Å². The largest absolute Gasteiger partial charge is 0.394 e. The zero-order chi connectivity index (χ0) is 16.9. The first kappa shape index (κ1) is 27.4. The molecule has 0 aromatic heterocycles. The Morgan fingerprint density at radius 2 is 0.737 bits per heavy atom. The first-order valence-electron chi connectivity index (χ1n) is 3.38. The van der Waals surface area contributed by atoms with Gasteiger partial charge in [0.2, 0.25) is 0 Å². The summed E-state index contributed by atoms with van der Waals surface area (Å²) >= 11 is 0. The van der Waals surface area contributed by atoms with Gasteiger partial charge in [0.25, 0.3) is 0 Å². The summed E-state index contributed by atoms with van der Waals surface area (Å²) in [5.74, 6) is 0. The molecule has 122 valence electrons. The second-order valence-electron chi connectivity index (χ2n) is 1.86. The summed E-state index contributed by atoms with van der Waals surface area (Å²) in [5.41, 5.74) is 0. The normalized spacial score (nSPS) is 11.4. The number of hydrogen-bond acceptors (Lipinski definition) is 7.